The van der Waals surface area contributed by atoms with Gasteiger partial charge in [0, 0.05) is 38.0 Å². The summed E-state index contributed by atoms with van der Waals surface area (Å²) in [6.45, 7) is 1.47. The first-order valence-corrected chi connectivity index (χ1v) is 10.5. The normalized spacial score (nSPS) is 13.6. The van der Waals surface area contributed by atoms with E-state index in [1.807, 2.05) is 48.3 Å². The molecular weight excluding hydrogens is 436 g/mol. The van der Waals surface area contributed by atoms with Gasteiger partial charge in [-0.1, -0.05) is 48.5 Å². The van der Waals surface area contributed by atoms with Crippen LogP contribution in [0.1, 0.15) is 16.7 Å². The van der Waals surface area contributed by atoms with Gasteiger partial charge in [-0.25, -0.2) is 4.98 Å². The molecule has 0 spiro atoms. The van der Waals surface area contributed by atoms with Crippen LogP contribution in [0.4, 0.5) is 5.82 Å². The zero-order valence-corrected chi connectivity index (χ0v) is 19.5. The maximum absolute atomic E-state index is 12.7. The van der Waals surface area contributed by atoms with E-state index in [2.05, 4.69) is 34.6 Å². The highest BCUT2D eigenvalue weighted by Gasteiger charge is 2.17. The zero-order chi connectivity index (χ0) is 22.5. The van der Waals surface area contributed by atoms with Crippen LogP contribution in [0.2, 0.25) is 0 Å². The van der Waals surface area contributed by atoms with Crippen molar-refractivity contribution in [3.63, 3.8) is 0 Å². The van der Waals surface area contributed by atoms with Crippen LogP contribution in [0.15, 0.2) is 72.9 Å². The molecule has 2 heterocycles. The molecule has 33 heavy (non-hydrogen) atoms. The minimum Gasteiger partial charge on any atom is -0.338 e. The lowest BCUT2D eigenvalue weighted by atomic mass is 10.0. The Morgan fingerprint density at radius 3 is 2.64 bits per heavy atom. The van der Waals surface area contributed by atoms with E-state index in [0.717, 1.165) is 27.8 Å². The van der Waals surface area contributed by atoms with Crippen LogP contribution in [-0.2, 0) is 22.7 Å². The third kappa shape index (κ3) is 6.28. The molecule has 6 nitrogen and oxygen atoms in total. The first-order valence-electron chi connectivity index (χ1n) is 10.5. The maximum atomic E-state index is 12.7. The molecule has 0 saturated carbocycles. The molecule has 0 unspecified atom stereocenters. The largest absolute Gasteiger partial charge is 0.338 e. The molecule has 1 aromatic heterocycles. The molecule has 0 saturated heterocycles. The summed E-state index contributed by atoms with van der Waals surface area (Å²) in [5.41, 5.74) is 5.11. The van der Waals surface area contributed by atoms with E-state index in [-0.39, 0.29) is 24.2 Å². The number of halogens is 1. The van der Waals surface area contributed by atoms with Gasteiger partial charge < -0.3 is 10.2 Å². The Morgan fingerprint density at radius 1 is 1.09 bits per heavy atom. The predicted molar refractivity (Wildman–Crippen MR) is 134 cm³/mol. The zero-order valence-electron chi connectivity index (χ0n) is 18.7. The van der Waals surface area contributed by atoms with Crippen molar-refractivity contribution in [3.05, 3.63) is 89.6 Å². The van der Waals surface area contributed by atoms with E-state index in [1.54, 1.807) is 30.3 Å². The average molecular weight is 463 g/mol. The maximum Gasteiger partial charge on any atom is 0.246 e. The minimum atomic E-state index is -0.0875. The molecule has 3 aromatic rings. The molecule has 0 radical (unpaired) electrons. The number of carbonyl (C=O) groups is 2. The SMILES string of the molecule is CN1CC(=O)Nc2ncc(/C=C/C(=O)N(C)Cc3cccc(-c4ccccc4)c3)cc2C1.Cl. The molecule has 170 valence electrons. The molecular formula is C26H27ClN4O2. The molecule has 2 amide bonds. The molecule has 2 aromatic carbocycles. The molecule has 1 aliphatic heterocycles. The second kappa shape index (κ2) is 10.9. The summed E-state index contributed by atoms with van der Waals surface area (Å²) in [5.74, 6) is 0.420. The van der Waals surface area contributed by atoms with Gasteiger partial charge in [0.05, 0.1) is 6.54 Å². The smallest absolute Gasteiger partial charge is 0.246 e. The topological polar surface area (TPSA) is 65.5 Å². The molecule has 0 bridgehead atoms. The van der Waals surface area contributed by atoms with Crippen molar-refractivity contribution in [2.24, 2.45) is 0 Å². The number of likely N-dealkylation sites (N-methyl/N-ethyl adjacent to an activating group) is 2. The molecule has 4 rings (SSSR count). The summed E-state index contributed by atoms with van der Waals surface area (Å²) in [7, 11) is 3.68. The Labute approximate surface area is 200 Å². The average Bonchev–Trinajstić information content (AvgIpc) is 2.93. The standard InChI is InChI=1S/C26H26N4O2.ClH/c1-29-17-23-13-19(15-27-26(23)28-24(31)18-29)11-12-25(32)30(2)16-20-7-6-10-22(14-20)21-8-4-3-5-9-21;/h3-15H,16-18H2,1-2H3,(H,27,28,31);1H/b12-11+;. The predicted octanol–water partition coefficient (Wildman–Crippen LogP) is 4.23. The van der Waals surface area contributed by atoms with Crippen LogP contribution >= 0.6 is 12.4 Å². The second-order valence-electron chi connectivity index (χ2n) is 8.09. The number of hydrogen-bond acceptors (Lipinski definition) is 4. The fourth-order valence-electron chi connectivity index (χ4n) is 3.74. The van der Waals surface area contributed by atoms with E-state index in [0.29, 0.717) is 25.5 Å². The second-order valence-corrected chi connectivity index (χ2v) is 8.09. The number of nitrogens with zero attached hydrogens (tertiary/aromatic N) is 3. The van der Waals surface area contributed by atoms with Crippen molar-refractivity contribution < 1.29 is 9.59 Å². The molecule has 0 atom stereocenters. The third-order valence-corrected chi connectivity index (χ3v) is 5.35. The van der Waals surface area contributed by atoms with Gasteiger partial charge in [-0.05, 0) is 47.5 Å². The molecule has 1 aliphatic rings. The first kappa shape index (κ1) is 24.2. The highest BCUT2D eigenvalue weighted by Crippen LogP contribution is 2.21. The summed E-state index contributed by atoms with van der Waals surface area (Å²) in [5, 5.41) is 2.82. The number of benzene rings is 2. The van der Waals surface area contributed by atoms with Gasteiger partial charge in [0.25, 0.3) is 0 Å². The Bertz CT molecular complexity index is 1160. The fraction of sp³-hybridized carbons (Fsp3) is 0.192. The van der Waals surface area contributed by atoms with Crippen LogP contribution in [0.5, 0.6) is 0 Å². The lowest BCUT2D eigenvalue weighted by Gasteiger charge is -2.16. The van der Waals surface area contributed by atoms with Crippen molar-refractivity contribution in [1.29, 1.82) is 0 Å². The molecule has 0 fully saturated rings. The minimum absolute atomic E-state index is 0. The fourth-order valence-corrected chi connectivity index (χ4v) is 3.74. The van der Waals surface area contributed by atoms with Gasteiger partial charge in [-0.15, -0.1) is 12.4 Å². The van der Waals surface area contributed by atoms with Gasteiger partial charge in [0.2, 0.25) is 11.8 Å². The number of nitrogens with one attached hydrogen (secondary N) is 1. The summed E-state index contributed by atoms with van der Waals surface area (Å²) in [6.07, 6.45) is 4.99. The number of fused-ring (bicyclic) bond motifs is 1. The van der Waals surface area contributed by atoms with Crippen molar-refractivity contribution in [1.82, 2.24) is 14.8 Å². The van der Waals surface area contributed by atoms with Crippen LogP contribution in [0.25, 0.3) is 17.2 Å². The quantitative estimate of drug-likeness (QED) is 0.576. The molecule has 7 heteroatoms. The van der Waals surface area contributed by atoms with Crippen molar-refractivity contribution >= 4 is 36.1 Å². The number of anilines is 1. The summed E-state index contributed by atoms with van der Waals surface area (Å²) >= 11 is 0. The van der Waals surface area contributed by atoms with Gasteiger partial charge in [-0.2, -0.15) is 0 Å². The van der Waals surface area contributed by atoms with E-state index in [9.17, 15) is 9.59 Å². The lowest BCUT2D eigenvalue weighted by molar-refractivity contribution is -0.125. The lowest BCUT2D eigenvalue weighted by Crippen LogP contribution is -2.26. The Balaban J connectivity index is 0.00000306. The Morgan fingerprint density at radius 2 is 1.85 bits per heavy atom. The first-order chi connectivity index (χ1) is 15.5. The number of aromatic nitrogens is 1. The number of amides is 2. The highest BCUT2D eigenvalue weighted by atomic mass is 35.5. The number of carbonyl (C=O) groups excluding carboxylic acids is 2. The van der Waals surface area contributed by atoms with Crippen LogP contribution < -0.4 is 5.32 Å². The van der Waals surface area contributed by atoms with Crippen LogP contribution in [-0.4, -0.2) is 47.2 Å². The summed E-state index contributed by atoms with van der Waals surface area (Å²) in [4.78, 5) is 32.5. The van der Waals surface area contributed by atoms with Crippen LogP contribution in [0, 0.1) is 0 Å². The van der Waals surface area contributed by atoms with Crippen LogP contribution in [0.3, 0.4) is 0 Å². The van der Waals surface area contributed by atoms with Gasteiger partial charge >= 0.3 is 0 Å². The number of pyridine rings is 1. The van der Waals surface area contributed by atoms with Crippen molar-refractivity contribution in [2.75, 3.05) is 26.0 Å². The van der Waals surface area contributed by atoms with E-state index >= 15 is 0 Å². The van der Waals surface area contributed by atoms with E-state index in [1.165, 1.54) is 0 Å². The monoisotopic (exact) mass is 462 g/mol. The Kier molecular flexibility index (Phi) is 7.98. The third-order valence-electron chi connectivity index (χ3n) is 5.35. The number of hydrogen-bond donors (Lipinski definition) is 1. The van der Waals surface area contributed by atoms with E-state index < -0.39 is 0 Å². The summed E-state index contributed by atoms with van der Waals surface area (Å²) < 4.78 is 0. The van der Waals surface area contributed by atoms with Gasteiger partial charge in [-0.3, -0.25) is 14.5 Å². The van der Waals surface area contributed by atoms with Gasteiger partial charge in [0.1, 0.15) is 5.82 Å². The van der Waals surface area contributed by atoms with Crippen molar-refractivity contribution in [2.45, 2.75) is 13.1 Å². The number of rotatable bonds is 5. The Hall–Kier alpha value is -3.48. The van der Waals surface area contributed by atoms with E-state index in [4.69, 9.17) is 0 Å². The van der Waals surface area contributed by atoms with Crippen molar-refractivity contribution in [3.8, 4) is 11.1 Å². The molecule has 1 N–H and O–H groups in total. The molecule has 0 aliphatic carbocycles. The highest BCUT2D eigenvalue weighted by molar-refractivity contribution is 5.93. The van der Waals surface area contributed by atoms with Gasteiger partial charge in [0.15, 0.2) is 0 Å². The summed E-state index contributed by atoms with van der Waals surface area (Å²) in [6, 6.07) is 20.4.